The van der Waals surface area contributed by atoms with Crippen LogP contribution in [0.5, 0.6) is 17.2 Å². The number of aliphatic carboxylic acids is 1. The highest BCUT2D eigenvalue weighted by atomic mass is 19.4. The molecule has 4 aromatic carbocycles. The Kier molecular flexibility index (Phi) is 12.9. The molecule has 0 bridgehead atoms. The summed E-state index contributed by atoms with van der Waals surface area (Å²) in [6.45, 7) is 3.81. The molecule has 0 saturated carbocycles. The molecule has 1 N–H and O–H groups in total. The molecule has 1 aromatic heterocycles. The highest BCUT2D eigenvalue weighted by Crippen LogP contribution is 2.39. The monoisotopic (exact) mass is 767 g/mol. The lowest BCUT2D eigenvalue weighted by atomic mass is 9.93. The summed E-state index contributed by atoms with van der Waals surface area (Å²) in [5.41, 5.74) is 0.713. The number of methoxy groups -OCH3 is 1. The molecule has 0 fully saturated rings. The number of carboxylic acids is 1. The lowest BCUT2D eigenvalue weighted by Crippen LogP contribution is -2.25. The molecule has 0 unspecified atom stereocenters. The first kappa shape index (κ1) is 40.4. The van der Waals surface area contributed by atoms with Crippen LogP contribution in [-0.2, 0) is 36.8 Å². The fourth-order valence-electron chi connectivity index (χ4n) is 5.78. The maximum absolute atomic E-state index is 13.9. The number of nitrogens with zero attached hydrogens (tertiary/aromatic N) is 3. The summed E-state index contributed by atoms with van der Waals surface area (Å²) in [6.07, 6.45) is -7.39. The number of anilines is 1. The molecule has 0 radical (unpaired) electrons. The van der Waals surface area contributed by atoms with Crippen LogP contribution in [0.2, 0.25) is 0 Å². The number of aromatic nitrogens is 2. The molecule has 0 saturated heterocycles. The molecule has 0 amide bonds. The summed E-state index contributed by atoms with van der Waals surface area (Å²) in [4.78, 5) is 21.1. The van der Waals surface area contributed by atoms with E-state index in [1.54, 1.807) is 12.1 Å². The third-order valence-electron chi connectivity index (χ3n) is 8.59. The largest absolute Gasteiger partial charge is 0.496 e. The van der Waals surface area contributed by atoms with Gasteiger partial charge in [-0.15, -0.1) is 0 Å². The molecular weight excluding hydrogens is 728 g/mol. The van der Waals surface area contributed by atoms with E-state index in [4.69, 9.17) is 19.3 Å². The first-order chi connectivity index (χ1) is 26.1. The third kappa shape index (κ3) is 11.1. The van der Waals surface area contributed by atoms with Crippen molar-refractivity contribution in [3.8, 4) is 28.4 Å². The van der Waals surface area contributed by atoms with Crippen molar-refractivity contribution in [2.45, 2.75) is 64.7 Å². The second kappa shape index (κ2) is 17.6. The minimum atomic E-state index is -5.05. The minimum absolute atomic E-state index is 0.0201. The summed E-state index contributed by atoms with van der Waals surface area (Å²) >= 11 is 0. The number of carboxylic acid groups (broad SMARTS) is 1. The molecule has 5 aromatic rings. The first-order valence-electron chi connectivity index (χ1n) is 17.3. The van der Waals surface area contributed by atoms with Gasteiger partial charge in [-0.25, -0.2) is 9.97 Å². The highest BCUT2D eigenvalue weighted by molar-refractivity contribution is 5.75. The van der Waals surface area contributed by atoms with Crippen molar-refractivity contribution in [3.05, 3.63) is 131 Å². The molecule has 0 spiro atoms. The average Bonchev–Trinajstić information content (AvgIpc) is 3.15. The number of hydrogen-bond acceptors (Lipinski definition) is 7. The van der Waals surface area contributed by atoms with Crippen molar-refractivity contribution in [3.63, 3.8) is 0 Å². The van der Waals surface area contributed by atoms with E-state index in [1.165, 1.54) is 24.4 Å². The minimum Gasteiger partial charge on any atom is -0.496 e. The Bertz CT molecular complexity index is 2020. The van der Waals surface area contributed by atoms with Crippen LogP contribution in [0.4, 0.5) is 32.3 Å². The van der Waals surface area contributed by atoms with E-state index >= 15 is 0 Å². The number of halogens is 6. The molecule has 290 valence electrons. The van der Waals surface area contributed by atoms with Crippen molar-refractivity contribution in [1.82, 2.24) is 9.97 Å². The predicted molar refractivity (Wildman–Crippen MR) is 194 cm³/mol. The quantitative estimate of drug-likeness (QED) is 0.0784. The summed E-state index contributed by atoms with van der Waals surface area (Å²) in [7, 11) is 1.53. The van der Waals surface area contributed by atoms with Gasteiger partial charge >= 0.3 is 18.3 Å². The fourth-order valence-corrected chi connectivity index (χ4v) is 5.78. The molecule has 0 aliphatic carbocycles. The Balaban J connectivity index is 1.61. The Morgan fingerprint density at radius 3 is 2.04 bits per heavy atom. The third-order valence-corrected chi connectivity index (χ3v) is 8.59. The molecule has 55 heavy (non-hydrogen) atoms. The lowest BCUT2D eigenvalue weighted by molar-refractivity contribution is -0.143. The number of hydrogen-bond donors (Lipinski definition) is 1. The predicted octanol–water partition coefficient (Wildman–Crippen LogP) is 10.3. The van der Waals surface area contributed by atoms with Gasteiger partial charge in [0.1, 0.15) is 18.1 Å². The van der Waals surface area contributed by atoms with Crippen LogP contribution in [0, 0.1) is 0 Å². The van der Waals surface area contributed by atoms with Gasteiger partial charge in [-0.3, -0.25) is 4.79 Å². The van der Waals surface area contributed by atoms with Crippen LogP contribution < -0.4 is 19.1 Å². The van der Waals surface area contributed by atoms with Gasteiger partial charge in [-0.05, 0) is 82.6 Å². The molecule has 0 aliphatic rings. The molecule has 8 nitrogen and oxygen atoms in total. The Morgan fingerprint density at radius 2 is 1.44 bits per heavy atom. The summed E-state index contributed by atoms with van der Waals surface area (Å²) in [5, 5.41) is 8.91. The summed E-state index contributed by atoms with van der Waals surface area (Å²) < 4.78 is 101. The number of alkyl halides is 6. The smallest absolute Gasteiger partial charge is 0.416 e. The van der Waals surface area contributed by atoms with E-state index in [-0.39, 0.29) is 61.8 Å². The van der Waals surface area contributed by atoms with E-state index in [1.807, 2.05) is 68.4 Å². The molecular formula is C41H39F6N3O5. The zero-order valence-electron chi connectivity index (χ0n) is 30.2. The van der Waals surface area contributed by atoms with Crippen molar-refractivity contribution in [1.29, 1.82) is 0 Å². The zero-order valence-corrected chi connectivity index (χ0v) is 30.2. The van der Waals surface area contributed by atoms with Crippen molar-refractivity contribution < 1.29 is 50.5 Å². The van der Waals surface area contributed by atoms with E-state index in [2.05, 4.69) is 9.97 Å². The van der Waals surface area contributed by atoms with Crippen LogP contribution >= 0.6 is 0 Å². The topological polar surface area (TPSA) is 94.0 Å². The first-order valence-corrected chi connectivity index (χ1v) is 17.3. The van der Waals surface area contributed by atoms with Crippen LogP contribution in [0.3, 0.4) is 0 Å². The number of carbonyl (C=O) groups is 1. The fraction of sp³-hybridized carbons (Fsp3) is 0.293. The van der Waals surface area contributed by atoms with Crippen molar-refractivity contribution >= 4 is 11.9 Å². The lowest BCUT2D eigenvalue weighted by Gasteiger charge is -2.26. The zero-order chi connectivity index (χ0) is 39.8. The second-order valence-corrected chi connectivity index (χ2v) is 13.0. The van der Waals surface area contributed by atoms with Gasteiger partial charge in [0.05, 0.1) is 37.2 Å². The number of ether oxygens (including phenoxy) is 3. The molecule has 0 atom stereocenters. The van der Waals surface area contributed by atoms with Gasteiger partial charge in [-0.2, -0.15) is 26.3 Å². The van der Waals surface area contributed by atoms with E-state index in [0.717, 1.165) is 11.1 Å². The van der Waals surface area contributed by atoms with Gasteiger partial charge < -0.3 is 24.2 Å². The molecule has 5 rings (SSSR count). The number of rotatable bonds is 16. The highest BCUT2D eigenvalue weighted by Gasteiger charge is 2.37. The summed E-state index contributed by atoms with van der Waals surface area (Å²) in [6, 6.07) is 22.0. The maximum Gasteiger partial charge on any atom is 0.416 e. The maximum atomic E-state index is 13.9. The standard InChI is InChI=1S/C41H39F6N3O5/c1-26(2)29-11-14-37(53-3)36(19-29)35-13-12-33(55-25-27-8-5-4-6-9-27)18-30(35)24-50(39-48-21-34(22-49-39)54-15-7-10-38(51)52)23-28-16-31(40(42,43)44)20-32(17-28)41(45,46)47/h4-6,8-9,11-14,16-22,26H,7,10,15,23-25H2,1-3H3,(H,51,52). The average molecular weight is 768 g/mol. The van der Waals surface area contributed by atoms with Crippen LogP contribution in [0.15, 0.2) is 97.3 Å². The van der Waals surface area contributed by atoms with Gasteiger partial charge in [0, 0.05) is 25.1 Å². The van der Waals surface area contributed by atoms with Crippen molar-refractivity contribution in [2.75, 3.05) is 18.6 Å². The SMILES string of the molecule is COc1ccc(C(C)C)cc1-c1ccc(OCc2ccccc2)cc1CN(Cc1cc(C(F)(F)F)cc(C(F)(F)F)c1)c1ncc(OCCCC(=O)O)cn1. The van der Waals surface area contributed by atoms with Gasteiger partial charge in [0.2, 0.25) is 5.95 Å². The Labute approximate surface area is 314 Å². The van der Waals surface area contributed by atoms with Crippen molar-refractivity contribution in [2.24, 2.45) is 0 Å². The van der Waals surface area contributed by atoms with Crippen LogP contribution in [-0.4, -0.2) is 34.8 Å². The Hall–Kier alpha value is -5.79. The number of benzene rings is 4. The van der Waals surface area contributed by atoms with Crippen LogP contribution in [0.1, 0.15) is 66.0 Å². The van der Waals surface area contributed by atoms with Crippen LogP contribution in [0.25, 0.3) is 11.1 Å². The van der Waals surface area contributed by atoms with Gasteiger partial charge in [0.15, 0.2) is 5.75 Å². The van der Waals surface area contributed by atoms with E-state index in [0.29, 0.717) is 40.3 Å². The molecule has 1 heterocycles. The Morgan fingerprint density at radius 1 is 0.764 bits per heavy atom. The summed E-state index contributed by atoms with van der Waals surface area (Å²) in [5.74, 6) is 0.346. The molecule has 0 aliphatic heterocycles. The van der Waals surface area contributed by atoms with Gasteiger partial charge in [0.25, 0.3) is 0 Å². The van der Waals surface area contributed by atoms with E-state index in [9.17, 15) is 31.1 Å². The van der Waals surface area contributed by atoms with Gasteiger partial charge in [-0.1, -0.05) is 56.3 Å². The van der Waals surface area contributed by atoms with E-state index < -0.39 is 36.0 Å². The molecule has 14 heteroatoms. The second-order valence-electron chi connectivity index (χ2n) is 13.0. The normalized spacial score (nSPS) is 11.7.